The quantitative estimate of drug-likeness (QED) is 0.615. The summed E-state index contributed by atoms with van der Waals surface area (Å²) in [6.45, 7) is 0.122. The van der Waals surface area contributed by atoms with Crippen molar-refractivity contribution in [3.8, 4) is 5.88 Å². The number of aromatic nitrogens is 2. The molecule has 1 aromatic heterocycles. The van der Waals surface area contributed by atoms with Crippen molar-refractivity contribution in [1.82, 2.24) is 9.78 Å². The Morgan fingerprint density at radius 3 is 2.76 bits per heavy atom. The molecule has 1 unspecified atom stereocenters. The lowest BCUT2D eigenvalue weighted by atomic mass is 9.83. The second kappa shape index (κ2) is 6.79. The van der Waals surface area contributed by atoms with Crippen molar-refractivity contribution in [1.29, 1.82) is 0 Å². The number of nitrogens with one attached hydrogen (secondary N) is 1. The maximum Gasteiger partial charge on any atom is 0.354 e. The summed E-state index contributed by atoms with van der Waals surface area (Å²) in [6, 6.07) is -0.750. The molecule has 0 spiro atoms. The summed E-state index contributed by atoms with van der Waals surface area (Å²) in [7, 11) is -3.56. The summed E-state index contributed by atoms with van der Waals surface area (Å²) in [5, 5.41) is 22.1. The van der Waals surface area contributed by atoms with Gasteiger partial charge in [0, 0.05) is 10.2 Å². The average Bonchev–Trinajstić information content (AvgIpc) is 3.33. The molecule has 9 nitrogen and oxygen atoms in total. The van der Waals surface area contributed by atoms with Crippen LogP contribution in [0, 0.1) is 0 Å². The first-order valence-electron chi connectivity index (χ1n) is 9.43. The van der Waals surface area contributed by atoms with Gasteiger partial charge in [0.2, 0.25) is 5.88 Å². The number of amides is 2. The molecule has 154 valence electrons. The largest absolute Gasteiger partial charge is 0.469 e. The zero-order valence-corrected chi connectivity index (χ0v) is 17.9. The van der Waals surface area contributed by atoms with Crippen LogP contribution in [0.5, 0.6) is 5.88 Å². The SMILES string of the molecule is NS(=O)(=NC(=O)Nc1c2c(c(Br)c3c1CC3)CCC2)c1cnn2c1O[C@H](CO)C2. The minimum absolute atomic E-state index is 0.0534. The second-order valence-electron chi connectivity index (χ2n) is 7.47. The van der Waals surface area contributed by atoms with Gasteiger partial charge in [-0.2, -0.15) is 5.10 Å². The first-order chi connectivity index (χ1) is 13.9. The fourth-order valence-electron chi connectivity index (χ4n) is 4.26. The van der Waals surface area contributed by atoms with Crippen molar-refractivity contribution in [3.05, 3.63) is 32.9 Å². The Hall–Kier alpha value is -1.95. The summed E-state index contributed by atoms with van der Waals surface area (Å²) in [5.41, 5.74) is 5.51. The van der Waals surface area contributed by atoms with Gasteiger partial charge in [-0.1, -0.05) is 15.9 Å². The Bertz CT molecular complexity index is 1170. The van der Waals surface area contributed by atoms with E-state index in [4.69, 9.17) is 9.88 Å². The highest BCUT2D eigenvalue weighted by molar-refractivity contribution is 9.10. The molecule has 3 aliphatic rings. The van der Waals surface area contributed by atoms with Crippen LogP contribution in [0.25, 0.3) is 0 Å². The molecule has 1 aliphatic heterocycles. The number of ether oxygens (including phenoxy) is 1. The Balaban J connectivity index is 1.47. The van der Waals surface area contributed by atoms with E-state index in [-0.39, 0.29) is 17.4 Å². The van der Waals surface area contributed by atoms with Gasteiger partial charge in [-0.05, 0) is 54.4 Å². The highest BCUT2D eigenvalue weighted by Gasteiger charge is 2.32. The van der Waals surface area contributed by atoms with Crippen LogP contribution in [0.3, 0.4) is 0 Å². The van der Waals surface area contributed by atoms with E-state index in [1.807, 2.05) is 0 Å². The first-order valence-corrected chi connectivity index (χ1v) is 11.8. The van der Waals surface area contributed by atoms with Crippen molar-refractivity contribution < 1.29 is 18.8 Å². The smallest absolute Gasteiger partial charge is 0.354 e. The molecule has 4 N–H and O–H groups in total. The first kappa shape index (κ1) is 19.0. The number of hydrogen-bond donors (Lipinski definition) is 3. The van der Waals surface area contributed by atoms with Crippen molar-refractivity contribution >= 4 is 37.6 Å². The molecule has 2 aliphatic carbocycles. The molecule has 29 heavy (non-hydrogen) atoms. The number of rotatable bonds is 3. The molecule has 2 heterocycles. The highest BCUT2D eigenvalue weighted by Crippen LogP contribution is 2.45. The van der Waals surface area contributed by atoms with Gasteiger partial charge in [-0.15, -0.1) is 4.36 Å². The van der Waals surface area contributed by atoms with Crippen molar-refractivity contribution in [2.45, 2.75) is 49.6 Å². The van der Waals surface area contributed by atoms with Gasteiger partial charge in [0.25, 0.3) is 0 Å². The van der Waals surface area contributed by atoms with Crippen LogP contribution in [0.2, 0.25) is 0 Å². The zero-order valence-electron chi connectivity index (χ0n) is 15.5. The third-order valence-corrected chi connectivity index (χ3v) is 8.03. The van der Waals surface area contributed by atoms with Gasteiger partial charge in [0.05, 0.1) is 19.3 Å². The molecule has 0 radical (unpaired) electrons. The number of carbonyl (C=O) groups excluding carboxylic acids is 1. The Kier molecular flexibility index (Phi) is 4.46. The molecule has 11 heteroatoms. The monoisotopic (exact) mass is 481 g/mol. The number of urea groups is 1. The lowest BCUT2D eigenvalue weighted by Crippen LogP contribution is -2.22. The summed E-state index contributed by atoms with van der Waals surface area (Å²) >= 11 is 3.70. The van der Waals surface area contributed by atoms with Gasteiger partial charge in [-0.3, -0.25) is 0 Å². The van der Waals surface area contributed by atoms with Crippen LogP contribution in [0.15, 0.2) is 19.9 Å². The van der Waals surface area contributed by atoms with E-state index in [1.165, 1.54) is 22.0 Å². The number of carbonyl (C=O) groups is 1. The van der Waals surface area contributed by atoms with Crippen molar-refractivity contribution in [3.63, 3.8) is 0 Å². The fourth-order valence-corrected chi connectivity index (χ4v) is 6.13. The molecule has 2 amide bonds. The van der Waals surface area contributed by atoms with Crippen LogP contribution in [-0.4, -0.2) is 37.8 Å². The fraction of sp³-hybridized carbons (Fsp3) is 0.444. The maximum absolute atomic E-state index is 13.0. The minimum Gasteiger partial charge on any atom is -0.469 e. The van der Waals surface area contributed by atoms with Gasteiger partial charge >= 0.3 is 6.03 Å². The molecule has 1 aromatic carbocycles. The number of halogens is 1. The molecule has 0 fully saturated rings. The third kappa shape index (κ3) is 2.98. The van der Waals surface area contributed by atoms with E-state index in [2.05, 4.69) is 30.7 Å². The van der Waals surface area contributed by atoms with Gasteiger partial charge < -0.3 is 15.2 Å². The number of nitrogens with zero attached hydrogens (tertiary/aromatic N) is 3. The number of hydrogen-bond acceptors (Lipinski definition) is 5. The highest BCUT2D eigenvalue weighted by atomic mass is 79.9. The second-order valence-corrected chi connectivity index (χ2v) is 10.0. The maximum atomic E-state index is 13.0. The third-order valence-electron chi connectivity index (χ3n) is 5.72. The van der Waals surface area contributed by atoms with E-state index >= 15 is 0 Å². The van der Waals surface area contributed by atoms with Crippen LogP contribution in [0.1, 0.15) is 28.7 Å². The normalized spacial score (nSPS) is 20.7. The number of nitrogens with two attached hydrogens (primary N) is 1. The lowest BCUT2D eigenvalue weighted by molar-refractivity contribution is 0.130. The van der Waals surface area contributed by atoms with Gasteiger partial charge in [0.1, 0.15) is 11.0 Å². The van der Waals surface area contributed by atoms with E-state index in [1.54, 1.807) is 0 Å². The van der Waals surface area contributed by atoms with E-state index in [9.17, 15) is 14.1 Å². The lowest BCUT2D eigenvalue weighted by Gasteiger charge is -2.27. The molecule has 0 saturated heterocycles. The average molecular weight is 482 g/mol. The van der Waals surface area contributed by atoms with E-state index in [0.717, 1.165) is 53.4 Å². The Morgan fingerprint density at radius 1 is 1.34 bits per heavy atom. The number of benzene rings is 1. The van der Waals surface area contributed by atoms with Crippen molar-refractivity contribution in [2.24, 2.45) is 9.50 Å². The predicted octanol–water partition coefficient (Wildman–Crippen LogP) is 1.92. The standard InChI is InChI=1S/C18H20BrN5O4S/c19-15-10-2-1-3-12(10)16(13-5-4-11(13)15)22-18(26)23-29(20,27)14-6-21-24-7-9(8-25)28-17(14)24/h6,9,25H,1-5,7-8H2,(H3,20,22,23,26,27)/t9-,29?/m0/s1. The van der Waals surface area contributed by atoms with Crippen LogP contribution in [-0.2, 0) is 42.1 Å². The Labute approximate surface area is 176 Å². The van der Waals surface area contributed by atoms with Crippen LogP contribution >= 0.6 is 15.9 Å². The zero-order chi connectivity index (χ0) is 20.3. The topological polar surface area (TPSA) is 132 Å². The minimum atomic E-state index is -3.56. The molecular formula is C18H20BrN5O4S. The number of aliphatic hydroxyl groups is 1. The molecule has 2 aromatic rings. The van der Waals surface area contributed by atoms with Gasteiger partial charge in [-0.25, -0.2) is 18.8 Å². The number of aliphatic hydroxyl groups excluding tert-OH is 1. The van der Waals surface area contributed by atoms with E-state index in [0.29, 0.717) is 6.54 Å². The summed E-state index contributed by atoms with van der Waals surface area (Å²) in [6.07, 6.45) is 5.59. The summed E-state index contributed by atoms with van der Waals surface area (Å²) in [5.74, 6) is 0.182. The van der Waals surface area contributed by atoms with Crippen LogP contribution in [0.4, 0.5) is 10.5 Å². The molecule has 0 saturated carbocycles. The number of fused-ring (bicyclic) bond motifs is 3. The predicted molar refractivity (Wildman–Crippen MR) is 109 cm³/mol. The molecular weight excluding hydrogens is 462 g/mol. The molecule has 0 bridgehead atoms. The summed E-state index contributed by atoms with van der Waals surface area (Å²) in [4.78, 5) is 12.7. The Morgan fingerprint density at radius 2 is 2.03 bits per heavy atom. The van der Waals surface area contributed by atoms with Gasteiger partial charge in [0.15, 0.2) is 9.92 Å². The van der Waals surface area contributed by atoms with Crippen molar-refractivity contribution in [2.75, 3.05) is 11.9 Å². The van der Waals surface area contributed by atoms with E-state index < -0.39 is 22.1 Å². The number of anilines is 1. The summed E-state index contributed by atoms with van der Waals surface area (Å²) < 4.78 is 24.9. The molecule has 5 rings (SSSR count). The van der Waals surface area contributed by atoms with Crippen LogP contribution < -0.4 is 15.2 Å². The molecule has 2 atom stereocenters.